The van der Waals surface area contributed by atoms with Crippen molar-refractivity contribution in [3.8, 4) is 0 Å². The summed E-state index contributed by atoms with van der Waals surface area (Å²) in [6.07, 6.45) is 5.98. The minimum Gasteiger partial charge on any atom is -0.478 e. The molecule has 0 saturated heterocycles. The summed E-state index contributed by atoms with van der Waals surface area (Å²) < 4.78 is 0. The van der Waals surface area contributed by atoms with Crippen LogP contribution in [0.2, 0.25) is 0 Å². The lowest BCUT2D eigenvalue weighted by atomic mass is 10.4. The standard InChI is InChI=1S/C6H15NO3.C6H8O2/c8-4-1-7(2-5-9)3-6-10;1-2-3-4-5-6(7)8/h8-10H,1-6H2;2-5H,1H3,(H,7,8). The first kappa shape index (κ1) is 19.1. The highest BCUT2D eigenvalue weighted by atomic mass is 16.4. The molecule has 6 nitrogen and oxygen atoms in total. The minimum absolute atomic E-state index is 0.0694. The number of aliphatic hydroxyl groups is 3. The maximum absolute atomic E-state index is 9.75. The van der Waals surface area contributed by atoms with Gasteiger partial charge in [0.15, 0.2) is 0 Å². The van der Waals surface area contributed by atoms with Crippen LogP contribution in [0.15, 0.2) is 24.3 Å². The Morgan fingerprint density at radius 3 is 1.72 bits per heavy atom. The van der Waals surface area contributed by atoms with Crippen LogP contribution in [0.5, 0.6) is 0 Å². The van der Waals surface area contributed by atoms with E-state index in [4.69, 9.17) is 20.4 Å². The fourth-order valence-electron chi connectivity index (χ4n) is 1.01. The van der Waals surface area contributed by atoms with Crippen molar-refractivity contribution in [3.63, 3.8) is 0 Å². The molecule has 0 aromatic carbocycles. The maximum atomic E-state index is 9.75. The Morgan fingerprint density at radius 1 is 1.00 bits per heavy atom. The van der Waals surface area contributed by atoms with Crippen molar-refractivity contribution in [2.75, 3.05) is 39.5 Å². The van der Waals surface area contributed by atoms with Gasteiger partial charge in [-0.1, -0.05) is 18.2 Å². The summed E-state index contributed by atoms with van der Waals surface area (Å²) in [5.74, 6) is -0.914. The number of aliphatic hydroxyl groups excluding tert-OH is 3. The smallest absolute Gasteiger partial charge is 0.328 e. The van der Waals surface area contributed by atoms with E-state index in [0.29, 0.717) is 19.6 Å². The van der Waals surface area contributed by atoms with Crippen molar-refractivity contribution < 1.29 is 25.2 Å². The predicted octanol–water partition coefficient (Wildman–Crippen LogP) is -0.531. The largest absolute Gasteiger partial charge is 0.478 e. The Kier molecular flexibility index (Phi) is 16.8. The number of carboxylic acids is 1. The first-order valence-electron chi connectivity index (χ1n) is 5.69. The zero-order valence-electron chi connectivity index (χ0n) is 10.7. The van der Waals surface area contributed by atoms with Crippen molar-refractivity contribution in [2.45, 2.75) is 6.92 Å². The molecule has 0 aliphatic rings. The number of nitrogens with zero attached hydrogens (tertiary/aromatic N) is 1. The number of allylic oxidation sites excluding steroid dienone is 3. The van der Waals surface area contributed by atoms with Gasteiger partial charge in [0.05, 0.1) is 19.8 Å². The zero-order chi connectivity index (χ0) is 14.2. The van der Waals surface area contributed by atoms with Crippen LogP contribution in [0, 0.1) is 0 Å². The molecular formula is C12H23NO5. The van der Waals surface area contributed by atoms with Crippen molar-refractivity contribution >= 4 is 5.97 Å². The second-order valence-corrected chi connectivity index (χ2v) is 3.24. The molecule has 0 aromatic heterocycles. The average Bonchev–Trinajstić information content (AvgIpc) is 2.31. The van der Waals surface area contributed by atoms with Crippen molar-refractivity contribution in [3.05, 3.63) is 24.3 Å². The van der Waals surface area contributed by atoms with Crippen LogP contribution in [-0.2, 0) is 4.79 Å². The third kappa shape index (κ3) is 17.2. The quantitative estimate of drug-likeness (QED) is 0.346. The molecule has 18 heavy (non-hydrogen) atoms. The van der Waals surface area contributed by atoms with E-state index >= 15 is 0 Å². The molecule has 0 spiro atoms. The van der Waals surface area contributed by atoms with Crippen LogP contribution in [0.25, 0.3) is 0 Å². The SMILES string of the molecule is CC=CC=CC(=O)O.OCCN(CCO)CCO. The van der Waals surface area contributed by atoms with E-state index in [9.17, 15) is 4.79 Å². The summed E-state index contributed by atoms with van der Waals surface area (Å²) in [7, 11) is 0. The maximum Gasteiger partial charge on any atom is 0.328 e. The monoisotopic (exact) mass is 261 g/mol. The second kappa shape index (κ2) is 15.8. The molecule has 0 unspecified atom stereocenters. The summed E-state index contributed by atoms with van der Waals surface area (Å²) in [4.78, 5) is 11.5. The minimum atomic E-state index is -0.914. The van der Waals surface area contributed by atoms with Crippen molar-refractivity contribution in [1.82, 2.24) is 4.90 Å². The van der Waals surface area contributed by atoms with Gasteiger partial charge in [0.1, 0.15) is 0 Å². The lowest BCUT2D eigenvalue weighted by Crippen LogP contribution is -2.32. The average molecular weight is 261 g/mol. The fraction of sp³-hybridized carbons (Fsp3) is 0.583. The van der Waals surface area contributed by atoms with E-state index < -0.39 is 5.97 Å². The van der Waals surface area contributed by atoms with Crippen molar-refractivity contribution in [1.29, 1.82) is 0 Å². The van der Waals surface area contributed by atoms with Crippen LogP contribution >= 0.6 is 0 Å². The third-order valence-electron chi connectivity index (χ3n) is 1.79. The summed E-state index contributed by atoms with van der Waals surface area (Å²) in [5, 5.41) is 33.5. The fourth-order valence-corrected chi connectivity index (χ4v) is 1.01. The Labute approximate surface area is 107 Å². The molecule has 0 atom stereocenters. The normalized spacial score (nSPS) is 10.9. The van der Waals surface area contributed by atoms with Gasteiger partial charge in [0.25, 0.3) is 0 Å². The van der Waals surface area contributed by atoms with E-state index in [2.05, 4.69) is 0 Å². The summed E-state index contributed by atoms with van der Waals surface area (Å²) in [6, 6.07) is 0. The Bertz CT molecular complexity index is 226. The Hall–Kier alpha value is -1.21. The molecular weight excluding hydrogens is 238 g/mol. The number of hydrogen-bond acceptors (Lipinski definition) is 5. The van der Waals surface area contributed by atoms with Crippen LogP contribution in [0.3, 0.4) is 0 Å². The number of carbonyl (C=O) groups is 1. The number of carboxylic acid groups (broad SMARTS) is 1. The van der Waals surface area contributed by atoms with Crippen molar-refractivity contribution in [2.24, 2.45) is 0 Å². The Balaban J connectivity index is 0. The van der Waals surface area contributed by atoms with Gasteiger partial charge < -0.3 is 20.4 Å². The van der Waals surface area contributed by atoms with E-state index in [0.717, 1.165) is 6.08 Å². The van der Waals surface area contributed by atoms with Gasteiger partial charge in [-0.2, -0.15) is 0 Å². The molecule has 0 rings (SSSR count). The van der Waals surface area contributed by atoms with E-state index in [1.54, 1.807) is 17.1 Å². The van der Waals surface area contributed by atoms with Gasteiger partial charge >= 0.3 is 5.97 Å². The van der Waals surface area contributed by atoms with E-state index in [-0.39, 0.29) is 19.8 Å². The van der Waals surface area contributed by atoms with Gasteiger partial charge in [0, 0.05) is 25.7 Å². The van der Waals surface area contributed by atoms with Crippen LogP contribution < -0.4 is 0 Å². The number of aliphatic carboxylic acids is 1. The number of hydrogen-bond donors (Lipinski definition) is 4. The van der Waals surface area contributed by atoms with Crippen LogP contribution in [0.4, 0.5) is 0 Å². The first-order chi connectivity index (χ1) is 8.62. The van der Waals surface area contributed by atoms with Crippen LogP contribution in [0.1, 0.15) is 6.92 Å². The molecule has 0 heterocycles. The predicted molar refractivity (Wildman–Crippen MR) is 69.3 cm³/mol. The molecule has 0 bridgehead atoms. The molecule has 6 heteroatoms. The van der Waals surface area contributed by atoms with E-state index in [1.165, 1.54) is 6.08 Å². The van der Waals surface area contributed by atoms with Gasteiger partial charge in [-0.15, -0.1) is 0 Å². The molecule has 106 valence electrons. The molecule has 4 N–H and O–H groups in total. The lowest BCUT2D eigenvalue weighted by Gasteiger charge is -2.17. The number of rotatable bonds is 8. The molecule has 0 saturated carbocycles. The highest BCUT2D eigenvalue weighted by Gasteiger charge is 2.00. The molecule has 0 radical (unpaired) electrons. The highest BCUT2D eigenvalue weighted by Crippen LogP contribution is 1.84. The topological polar surface area (TPSA) is 101 Å². The molecule has 0 aliphatic carbocycles. The van der Waals surface area contributed by atoms with E-state index in [1.807, 2.05) is 6.92 Å². The summed E-state index contributed by atoms with van der Waals surface area (Å²) >= 11 is 0. The second-order valence-electron chi connectivity index (χ2n) is 3.24. The zero-order valence-corrected chi connectivity index (χ0v) is 10.7. The molecule has 0 aromatic rings. The molecule has 0 amide bonds. The third-order valence-corrected chi connectivity index (χ3v) is 1.79. The molecule has 0 fully saturated rings. The van der Waals surface area contributed by atoms with Gasteiger partial charge in [-0.3, -0.25) is 4.90 Å². The summed E-state index contributed by atoms with van der Waals surface area (Å²) in [6.45, 7) is 3.58. The first-order valence-corrected chi connectivity index (χ1v) is 5.69. The van der Waals surface area contributed by atoms with Gasteiger partial charge in [-0.25, -0.2) is 4.79 Å². The van der Waals surface area contributed by atoms with Gasteiger partial charge in [-0.05, 0) is 6.92 Å². The van der Waals surface area contributed by atoms with Gasteiger partial charge in [0.2, 0.25) is 0 Å². The Morgan fingerprint density at radius 2 is 1.44 bits per heavy atom. The lowest BCUT2D eigenvalue weighted by molar-refractivity contribution is -0.131. The summed E-state index contributed by atoms with van der Waals surface area (Å²) in [5.41, 5.74) is 0. The molecule has 0 aliphatic heterocycles. The van der Waals surface area contributed by atoms with Crippen LogP contribution in [-0.4, -0.2) is 70.8 Å². The highest BCUT2D eigenvalue weighted by molar-refractivity contribution is 5.80.